The van der Waals surface area contributed by atoms with Gasteiger partial charge in [0.05, 0.1) is 13.0 Å². The Morgan fingerprint density at radius 3 is 1.81 bits per heavy atom. The molecule has 0 heterocycles. The number of hydrogen-bond donors (Lipinski definition) is 0. The van der Waals surface area contributed by atoms with Crippen LogP contribution in [0.5, 0.6) is 0 Å². The molecule has 0 fully saturated rings. The van der Waals surface area contributed by atoms with Crippen molar-refractivity contribution >= 4 is 17.5 Å². The van der Waals surface area contributed by atoms with Crippen LogP contribution in [-0.4, -0.2) is 24.1 Å². The lowest BCUT2D eigenvalue weighted by Crippen LogP contribution is -2.20. The molecule has 0 aromatic heterocycles. The van der Waals surface area contributed by atoms with E-state index < -0.39 is 11.8 Å². The van der Waals surface area contributed by atoms with Crippen molar-refractivity contribution in [3.8, 4) is 0 Å². The quantitative estimate of drug-likeness (QED) is 0.210. The Bertz CT molecular complexity index is 310. The van der Waals surface area contributed by atoms with E-state index in [0.717, 1.165) is 19.3 Å². The topological polar surface area (TPSA) is 60.4 Å². The molecule has 0 saturated heterocycles. The van der Waals surface area contributed by atoms with Gasteiger partial charge in [-0.05, 0) is 13.3 Å². The maximum atomic E-state index is 11.5. The van der Waals surface area contributed by atoms with Crippen LogP contribution in [0.15, 0.2) is 0 Å². The van der Waals surface area contributed by atoms with Gasteiger partial charge in [0, 0.05) is 6.42 Å². The first-order valence-electron chi connectivity index (χ1n) is 8.33. The zero-order valence-corrected chi connectivity index (χ0v) is 13.6. The average molecular weight is 298 g/mol. The number of esters is 1. The lowest BCUT2D eigenvalue weighted by Gasteiger charge is -2.02. The van der Waals surface area contributed by atoms with Crippen molar-refractivity contribution in [3.63, 3.8) is 0 Å². The molecule has 0 unspecified atom stereocenters. The monoisotopic (exact) mass is 298 g/mol. The number of rotatable bonds is 14. The van der Waals surface area contributed by atoms with Gasteiger partial charge in [0.25, 0.3) is 0 Å². The maximum absolute atomic E-state index is 11.5. The number of carbonyl (C=O) groups is 3. The summed E-state index contributed by atoms with van der Waals surface area (Å²) in [5.41, 5.74) is 0. The Morgan fingerprint density at radius 1 is 0.762 bits per heavy atom. The summed E-state index contributed by atoms with van der Waals surface area (Å²) in [6.45, 7) is 4.01. The number of ketones is 2. The summed E-state index contributed by atoms with van der Waals surface area (Å²) in [7, 11) is 0. The van der Waals surface area contributed by atoms with E-state index in [1.54, 1.807) is 6.92 Å². The third-order valence-electron chi connectivity index (χ3n) is 3.42. The van der Waals surface area contributed by atoms with E-state index >= 15 is 0 Å². The number of Topliss-reactive ketones (excluding diaryl/α,β-unsaturated/α-hetero) is 2. The van der Waals surface area contributed by atoms with Crippen LogP contribution >= 0.6 is 0 Å². The first kappa shape index (κ1) is 19.8. The summed E-state index contributed by atoms with van der Waals surface area (Å²) in [6, 6.07) is 0. The van der Waals surface area contributed by atoms with Gasteiger partial charge in [0.2, 0.25) is 5.78 Å². The number of hydrogen-bond acceptors (Lipinski definition) is 4. The molecular weight excluding hydrogens is 268 g/mol. The van der Waals surface area contributed by atoms with Crippen LogP contribution in [0.3, 0.4) is 0 Å². The second kappa shape index (κ2) is 13.8. The maximum Gasteiger partial charge on any atom is 0.375 e. The summed E-state index contributed by atoms with van der Waals surface area (Å²) in [4.78, 5) is 33.9. The van der Waals surface area contributed by atoms with Gasteiger partial charge in [-0.1, -0.05) is 58.3 Å². The van der Waals surface area contributed by atoms with E-state index in [0.29, 0.717) is 6.42 Å². The van der Waals surface area contributed by atoms with Crippen LogP contribution in [-0.2, 0) is 19.1 Å². The molecule has 122 valence electrons. The molecule has 0 atom stereocenters. The van der Waals surface area contributed by atoms with Gasteiger partial charge >= 0.3 is 5.97 Å². The Balaban J connectivity index is 3.45. The molecule has 0 amide bonds. The van der Waals surface area contributed by atoms with Crippen molar-refractivity contribution in [3.05, 3.63) is 0 Å². The number of unbranched alkanes of at least 4 members (excludes halogenated alkanes) is 8. The van der Waals surface area contributed by atoms with Crippen LogP contribution in [0.1, 0.15) is 84.5 Å². The Hall–Kier alpha value is -1.19. The van der Waals surface area contributed by atoms with E-state index in [4.69, 9.17) is 0 Å². The van der Waals surface area contributed by atoms with E-state index in [-0.39, 0.29) is 18.8 Å². The lowest BCUT2D eigenvalue weighted by atomic mass is 10.0. The normalized spacial score (nSPS) is 10.4. The van der Waals surface area contributed by atoms with Gasteiger partial charge in [-0.15, -0.1) is 0 Å². The van der Waals surface area contributed by atoms with E-state index in [1.165, 1.54) is 38.5 Å². The first-order chi connectivity index (χ1) is 10.1. The van der Waals surface area contributed by atoms with Crippen LogP contribution < -0.4 is 0 Å². The molecule has 0 rings (SSSR count). The summed E-state index contributed by atoms with van der Waals surface area (Å²) >= 11 is 0. The second-order valence-corrected chi connectivity index (χ2v) is 5.44. The van der Waals surface area contributed by atoms with Gasteiger partial charge in [-0.3, -0.25) is 9.59 Å². The largest absolute Gasteiger partial charge is 0.460 e. The van der Waals surface area contributed by atoms with Crippen LogP contribution in [0.2, 0.25) is 0 Å². The molecule has 0 aliphatic carbocycles. The molecule has 0 spiro atoms. The van der Waals surface area contributed by atoms with E-state index in [2.05, 4.69) is 11.7 Å². The fraction of sp³-hybridized carbons (Fsp3) is 0.824. The Labute approximate surface area is 128 Å². The van der Waals surface area contributed by atoms with Crippen molar-refractivity contribution < 1.29 is 19.1 Å². The van der Waals surface area contributed by atoms with Crippen molar-refractivity contribution in [2.24, 2.45) is 0 Å². The van der Waals surface area contributed by atoms with Crippen LogP contribution in [0, 0.1) is 0 Å². The Kier molecular flexibility index (Phi) is 13.0. The predicted octanol–water partition coefficient (Wildman–Crippen LogP) is 4.00. The highest BCUT2D eigenvalue weighted by Gasteiger charge is 2.18. The summed E-state index contributed by atoms with van der Waals surface area (Å²) in [5, 5.41) is 0. The van der Waals surface area contributed by atoms with Crippen molar-refractivity contribution in [2.75, 3.05) is 6.61 Å². The van der Waals surface area contributed by atoms with Crippen molar-refractivity contribution in [1.29, 1.82) is 0 Å². The minimum Gasteiger partial charge on any atom is -0.460 e. The molecule has 0 radical (unpaired) electrons. The zero-order chi connectivity index (χ0) is 15.9. The van der Waals surface area contributed by atoms with Gasteiger partial charge in [-0.25, -0.2) is 4.79 Å². The number of carbonyl (C=O) groups excluding carboxylic acids is 3. The average Bonchev–Trinajstić information content (AvgIpc) is 2.45. The van der Waals surface area contributed by atoms with E-state index in [9.17, 15) is 14.4 Å². The Morgan fingerprint density at radius 2 is 1.29 bits per heavy atom. The van der Waals surface area contributed by atoms with E-state index in [1.807, 2.05) is 0 Å². The standard InChI is InChI=1S/C17H30O4/c1-3-5-6-7-8-9-10-11-12-13-15(18)14-16(19)17(20)21-4-2/h3-14H2,1-2H3. The fourth-order valence-electron chi connectivity index (χ4n) is 2.18. The molecule has 0 N–H and O–H groups in total. The fourth-order valence-corrected chi connectivity index (χ4v) is 2.18. The predicted molar refractivity (Wildman–Crippen MR) is 83.1 cm³/mol. The molecule has 4 nitrogen and oxygen atoms in total. The highest BCUT2D eigenvalue weighted by molar-refractivity contribution is 6.37. The zero-order valence-electron chi connectivity index (χ0n) is 13.6. The van der Waals surface area contributed by atoms with Gasteiger partial charge < -0.3 is 4.74 Å². The first-order valence-corrected chi connectivity index (χ1v) is 8.33. The summed E-state index contributed by atoms with van der Waals surface area (Å²) < 4.78 is 4.56. The molecule has 0 aliphatic rings. The smallest absolute Gasteiger partial charge is 0.375 e. The van der Waals surface area contributed by atoms with Crippen LogP contribution in [0.4, 0.5) is 0 Å². The van der Waals surface area contributed by atoms with Crippen LogP contribution in [0.25, 0.3) is 0 Å². The molecule has 0 aliphatic heterocycles. The third-order valence-corrected chi connectivity index (χ3v) is 3.42. The summed E-state index contributed by atoms with van der Waals surface area (Å²) in [5.74, 6) is -1.77. The highest BCUT2D eigenvalue weighted by atomic mass is 16.5. The molecule has 0 aromatic rings. The van der Waals surface area contributed by atoms with Crippen molar-refractivity contribution in [2.45, 2.75) is 84.5 Å². The lowest BCUT2D eigenvalue weighted by molar-refractivity contribution is -0.154. The third kappa shape index (κ3) is 12.3. The minimum atomic E-state index is -0.891. The molecular formula is C17H30O4. The number of ether oxygens (including phenoxy) is 1. The summed E-state index contributed by atoms with van der Waals surface area (Å²) in [6.07, 6.45) is 10.8. The highest BCUT2D eigenvalue weighted by Crippen LogP contribution is 2.11. The minimum absolute atomic E-state index is 0.156. The van der Waals surface area contributed by atoms with Gasteiger partial charge in [-0.2, -0.15) is 0 Å². The second-order valence-electron chi connectivity index (χ2n) is 5.44. The SMILES string of the molecule is CCCCCCCCCCCC(=O)CC(=O)C(=O)OCC. The molecule has 0 saturated carbocycles. The van der Waals surface area contributed by atoms with Gasteiger partial charge in [0.15, 0.2) is 0 Å². The molecule has 4 heteroatoms. The molecule has 0 bridgehead atoms. The van der Waals surface area contributed by atoms with Crippen molar-refractivity contribution in [1.82, 2.24) is 0 Å². The molecule has 21 heavy (non-hydrogen) atoms. The van der Waals surface area contributed by atoms with Gasteiger partial charge in [0.1, 0.15) is 5.78 Å². The molecule has 0 aromatic carbocycles.